The van der Waals surface area contributed by atoms with Crippen molar-refractivity contribution in [3.63, 3.8) is 0 Å². The first-order chi connectivity index (χ1) is 9.70. The van der Waals surface area contributed by atoms with Crippen LogP contribution in [0.5, 0.6) is 0 Å². The Morgan fingerprint density at radius 1 is 1.15 bits per heavy atom. The Hall–Kier alpha value is -1.27. The average Bonchev–Trinajstić information content (AvgIpc) is 2.65. The minimum atomic E-state index is -0.635. The van der Waals surface area contributed by atoms with E-state index < -0.39 is 11.6 Å². The van der Waals surface area contributed by atoms with Crippen molar-refractivity contribution in [2.45, 2.75) is 19.3 Å². The number of aromatic nitrogens is 1. The van der Waals surface area contributed by atoms with Crippen molar-refractivity contribution >= 4 is 5.82 Å². The average molecular weight is 284 g/mol. The Morgan fingerprint density at radius 2 is 2.00 bits per heavy atom. The maximum Gasteiger partial charge on any atom is 0.168 e. The van der Waals surface area contributed by atoms with Gasteiger partial charge in [-0.2, -0.15) is 0 Å². The summed E-state index contributed by atoms with van der Waals surface area (Å²) in [4.78, 5) is 8.16. The molecule has 0 atom stereocenters. The maximum atomic E-state index is 13.7. The van der Waals surface area contributed by atoms with E-state index in [-0.39, 0.29) is 5.82 Å². The lowest BCUT2D eigenvalue weighted by Gasteiger charge is -2.23. The number of anilines is 1. The van der Waals surface area contributed by atoms with Crippen LogP contribution in [-0.2, 0) is 0 Å². The smallest absolute Gasteiger partial charge is 0.168 e. The standard InChI is InChI=1S/C14H22F2N4/c15-12-10-13(16)14(18-11-12)20-7-3-6-19(8-9-20)5-2-1-4-17/h10-11H,1-9,17H2. The maximum absolute atomic E-state index is 13.7. The summed E-state index contributed by atoms with van der Waals surface area (Å²) in [6.07, 6.45) is 4.16. The summed E-state index contributed by atoms with van der Waals surface area (Å²) in [6, 6.07) is 0.895. The number of pyridine rings is 1. The van der Waals surface area contributed by atoms with Crippen LogP contribution < -0.4 is 10.6 Å². The summed E-state index contributed by atoms with van der Waals surface area (Å²) in [5, 5.41) is 0. The van der Waals surface area contributed by atoms with Crippen LogP contribution in [0.15, 0.2) is 12.3 Å². The van der Waals surface area contributed by atoms with E-state index in [1.807, 2.05) is 4.90 Å². The van der Waals surface area contributed by atoms with Gasteiger partial charge in [-0.25, -0.2) is 13.8 Å². The highest BCUT2D eigenvalue weighted by molar-refractivity contribution is 5.40. The van der Waals surface area contributed by atoms with Crippen molar-refractivity contribution in [1.82, 2.24) is 9.88 Å². The highest BCUT2D eigenvalue weighted by Crippen LogP contribution is 2.18. The van der Waals surface area contributed by atoms with E-state index in [1.54, 1.807) is 0 Å². The summed E-state index contributed by atoms with van der Waals surface area (Å²) in [6.45, 7) is 5.11. The quantitative estimate of drug-likeness (QED) is 0.835. The third-order valence-corrected chi connectivity index (χ3v) is 3.60. The Morgan fingerprint density at radius 3 is 2.75 bits per heavy atom. The number of hydrogen-bond acceptors (Lipinski definition) is 4. The lowest BCUT2D eigenvalue weighted by atomic mass is 10.3. The van der Waals surface area contributed by atoms with E-state index in [0.717, 1.165) is 70.8 Å². The van der Waals surface area contributed by atoms with E-state index in [9.17, 15) is 8.78 Å². The number of unbranched alkanes of at least 4 members (excludes halogenated alkanes) is 1. The van der Waals surface area contributed by atoms with Gasteiger partial charge in [0.25, 0.3) is 0 Å². The number of nitrogens with two attached hydrogens (primary N) is 1. The van der Waals surface area contributed by atoms with Gasteiger partial charge in [0.05, 0.1) is 6.20 Å². The second kappa shape index (κ2) is 7.50. The van der Waals surface area contributed by atoms with E-state index in [0.29, 0.717) is 0 Å². The molecule has 20 heavy (non-hydrogen) atoms. The van der Waals surface area contributed by atoms with Gasteiger partial charge >= 0.3 is 0 Å². The molecule has 2 N–H and O–H groups in total. The highest BCUT2D eigenvalue weighted by atomic mass is 19.1. The monoisotopic (exact) mass is 284 g/mol. The lowest BCUT2D eigenvalue weighted by molar-refractivity contribution is 0.287. The summed E-state index contributed by atoms with van der Waals surface area (Å²) in [5.41, 5.74) is 5.49. The van der Waals surface area contributed by atoms with E-state index >= 15 is 0 Å². The molecule has 0 aromatic carbocycles. The molecular formula is C14H22F2N4. The molecule has 112 valence electrons. The fourth-order valence-corrected chi connectivity index (χ4v) is 2.53. The van der Waals surface area contributed by atoms with Crippen LogP contribution in [0.1, 0.15) is 19.3 Å². The summed E-state index contributed by atoms with van der Waals surface area (Å²) >= 11 is 0. The zero-order chi connectivity index (χ0) is 14.4. The van der Waals surface area contributed by atoms with Crippen molar-refractivity contribution in [3.05, 3.63) is 23.9 Å². The predicted octanol–water partition coefficient (Wildman–Crippen LogP) is 1.61. The van der Waals surface area contributed by atoms with Crippen LogP contribution in [0.4, 0.5) is 14.6 Å². The van der Waals surface area contributed by atoms with Crippen LogP contribution in [-0.4, -0.2) is 49.2 Å². The van der Waals surface area contributed by atoms with Crippen LogP contribution in [0, 0.1) is 11.6 Å². The van der Waals surface area contributed by atoms with Crippen molar-refractivity contribution in [2.24, 2.45) is 5.73 Å². The first kappa shape index (κ1) is 15.1. The van der Waals surface area contributed by atoms with Gasteiger partial charge in [-0.3, -0.25) is 0 Å². The van der Waals surface area contributed by atoms with Crippen molar-refractivity contribution in [1.29, 1.82) is 0 Å². The van der Waals surface area contributed by atoms with Gasteiger partial charge in [0.2, 0.25) is 0 Å². The van der Waals surface area contributed by atoms with Crippen LogP contribution in [0.2, 0.25) is 0 Å². The topological polar surface area (TPSA) is 45.4 Å². The molecule has 1 aliphatic heterocycles. The molecule has 2 heterocycles. The minimum Gasteiger partial charge on any atom is -0.353 e. The number of hydrogen-bond donors (Lipinski definition) is 1. The van der Waals surface area contributed by atoms with Crippen molar-refractivity contribution in [3.8, 4) is 0 Å². The molecule has 0 amide bonds. The molecule has 0 bridgehead atoms. The second-order valence-electron chi connectivity index (χ2n) is 5.14. The third-order valence-electron chi connectivity index (χ3n) is 3.60. The molecule has 1 fully saturated rings. The van der Waals surface area contributed by atoms with Crippen LogP contribution in [0.3, 0.4) is 0 Å². The van der Waals surface area contributed by atoms with E-state index in [1.165, 1.54) is 0 Å². The summed E-state index contributed by atoms with van der Waals surface area (Å²) in [7, 11) is 0. The molecule has 1 aromatic rings. The molecule has 4 nitrogen and oxygen atoms in total. The first-order valence-electron chi connectivity index (χ1n) is 7.19. The molecule has 6 heteroatoms. The summed E-state index contributed by atoms with van der Waals surface area (Å²) in [5.74, 6) is -0.957. The fourth-order valence-electron chi connectivity index (χ4n) is 2.53. The predicted molar refractivity (Wildman–Crippen MR) is 75.7 cm³/mol. The SMILES string of the molecule is NCCCCN1CCCN(c2ncc(F)cc2F)CC1. The second-order valence-corrected chi connectivity index (χ2v) is 5.14. The molecule has 0 unspecified atom stereocenters. The molecular weight excluding hydrogens is 262 g/mol. The molecule has 2 rings (SSSR count). The molecule has 0 spiro atoms. The van der Waals surface area contributed by atoms with Gasteiger partial charge in [0.1, 0.15) is 5.82 Å². The van der Waals surface area contributed by atoms with Crippen LogP contribution >= 0.6 is 0 Å². The normalized spacial score (nSPS) is 17.2. The van der Waals surface area contributed by atoms with Gasteiger partial charge < -0.3 is 15.5 Å². The number of halogens is 2. The lowest BCUT2D eigenvalue weighted by Crippen LogP contribution is -2.32. The molecule has 0 saturated carbocycles. The Labute approximate surface area is 118 Å². The fraction of sp³-hybridized carbons (Fsp3) is 0.643. The minimum absolute atomic E-state index is 0.259. The molecule has 0 radical (unpaired) electrons. The highest BCUT2D eigenvalue weighted by Gasteiger charge is 2.18. The van der Waals surface area contributed by atoms with E-state index in [4.69, 9.17) is 5.73 Å². The summed E-state index contributed by atoms with van der Waals surface area (Å²) < 4.78 is 26.6. The first-order valence-corrected chi connectivity index (χ1v) is 7.19. The Kier molecular flexibility index (Phi) is 5.67. The zero-order valence-corrected chi connectivity index (χ0v) is 11.7. The van der Waals surface area contributed by atoms with Gasteiger partial charge in [-0.15, -0.1) is 0 Å². The van der Waals surface area contributed by atoms with Gasteiger partial charge in [-0.1, -0.05) is 0 Å². The third kappa shape index (κ3) is 4.11. The Balaban J connectivity index is 1.92. The van der Waals surface area contributed by atoms with Crippen molar-refractivity contribution in [2.75, 3.05) is 44.2 Å². The zero-order valence-electron chi connectivity index (χ0n) is 11.7. The number of nitrogens with zero attached hydrogens (tertiary/aromatic N) is 3. The molecule has 1 aliphatic rings. The number of rotatable bonds is 5. The Bertz CT molecular complexity index is 428. The van der Waals surface area contributed by atoms with Gasteiger partial charge in [0.15, 0.2) is 11.6 Å². The molecule has 0 aliphatic carbocycles. The van der Waals surface area contributed by atoms with Gasteiger partial charge in [-0.05, 0) is 38.9 Å². The van der Waals surface area contributed by atoms with Crippen molar-refractivity contribution < 1.29 is 8.78 Å². The molecule has 1 saturated heterocycles. The van der Waals surface area contributed by atoms with E-state index in [2.05, 4.69) is 9.88 Å². The molecule has 1 aromatic heterocycles. The van der Waals surface area contributed by atoms with Gasteiger partial charge in [0, 0.05) is 25.7 Å². The van der Waals surface area contributed by atoms with Crippen LogP contribution in [0.25, 0.3) is 0 Å². The largest absolute Gasteiger partial charge is 0.353 e.